The molecule has 2 heteroatoms. The van der Waals surface area contributed by atoms with Crippen LogP contribution in [0.5, 0.6) is 5.75 Å². The minimum atomic E-state index is 0.373. The maximum atomic E-state index is 5.71. The monoisotopic (exact) mass is 217 g/mol. The molecule has 0 bridgehead atoms. The maximum Gasteiger partial charge on any atom is 0.134 e. The number of hydrogen-bond acceptors (Lipinski definition) is 2. The normalized spacial score (nSPS) is 9.81. The van der Waals surface area contributed by atoms with Gasteiger partial charge in [-0.15, -0.1) is 0 Å². The third kappa shape index (κ3) is 3.96. The fourth-order valence-electron chi connectivity index (χ4n) is 1.27. The van der Waals surface area contributed by atoms with Crippen LogP contribution in [0.25, 0.3) is 0 Å². The molecule has 0 spiro atoms. The van der Waals surface area contributed by atoms with Crippen LogP contribution in [0.15, 0.2) is 18.2 Å². The third-order valence-corrected chi connectivity index (χ3v) is 2.03. The molecule has 86 valence electrons. The maximum absolute atomic E-state index is 5.71. The Morgan fingerprint density at radius 3 is 2.75 bits per heavy atom. The van der Waals surface area contributed by atoms with E-state index in [9.17, 15) is 0 Å². The summed E-state index contributed by atoms with van der Waals surface area (Å²) in [4.78, 5) is 0. The smallest absolute Gasteiger partial charge is 0.134 e. The molecule has 1 rings (SSSR count). The number of hydrogen-bond donors (Lipinski definition) is 1. The Labute approximate surface area is 97.8 Å². The number of ether oxygens (including phenoxy) is 1. The van der Waals surface area contributed by atoms with Gasteiger partial charge in [0.15, 0.2) is 0 Å². The molecule has 0 amide bonds. The molecule has 2 nitrogen and oxygen atoms in total. The molecule has 16 heavy (non-hydrogen) atoms. The molecule has 0 fully saturated rings. The molecule has 0 aliphatic rings. The van der Waals surface area contributed by atoms with Crippen LogP contribution < -0.4 is 10.5 Å². The van der Waals surface area contributed by atoms with Crippen LogP contribution in [0.4, 0.5) is 0 Å². The summed E-state index contributed by atoms with van der Waals surface area (Å²) >= 11 is 0. The summed E-state index contributed by atoms with van der Waals surface area (Å²) in [5.41, 5.74) is 7.47. The highest BCUT2D eigenvalue weighted by atomic mass is 16.5. The lowest BCUT2D eigenvalue weighted by atomic mass is 10.1. The molecule has 0 saturated heterocycles. The summed E-state index contributed by atoms with van der Waals surface area (Å²) < 4.78 is 5.71. The Balaban J connectivity index is 2.89. The lowest BCUT2D eigenvalue weighted by Crippen LogP contribution is -2.05. The summed E-state index contributed by atoms with van der Waals surface area (Å²) in [6, 6.07) is 6.03. The number of aryl methyl sites for hydroxylation is 1. The van der Waals surface area contributed by atoms with Crippen molar-refractivity contribution in [2.24, 2.45) is 11.7 Å². The second kappa shape index (κ2) is 6.19. The van der Waals surface area contributed by atoms with E-state index in [1.165, 1.54) is 5.56 Å². The highest BCUT2D eigenvalue weighted by molar-refractivity contribution is 5.48. The standard InChI is InChI=1S/C14H19NO/c1-11(2)10-16-14-7-6-12(3)9-13(14)5-4-8-15/h6-7,9,11H,8,10,15H2,1-3H3. The molecular weight excluding hydrogens is 198 g/mol. The van der Waals surface area contributed by atoms with Gasteiger partial charge in [-0.05, 0) is 30.5 Å². The van der Waals surface area contributed by atoms with Crippen LogP contribution in [0.2, 0.25) is 0 Å². The van der Waals surface area contributed by atoms with Gasteiger partial charge >= 0.3 is 0 Å². The van der Waals surface area contributed by atoms with E-state index in [1.807, 2.05) is 25.1 Å². The van der Waals surface area contributed by atoms with Crippen LogP contribution >= 0.6 is 0 Å². The van der Waals surface area contributed by atoms with Gasteiger partial charge in [-0.1, -0.05) is 31.8 Å². The Kier molecular flexibility index (Phi) is 4.88. The first kappa shape index (κ1) is 12.6. The van der Waals surface area contributed by atoms with Gasteiger partial charge < -0.3 is 10.5 Å². The van der Waals surface area contributed by atoms with E-state index in [4.69, 9.17) is 10.5 Å². The van der Waals surface area contributed by atoms with Crippen LogP contribution in [0.1, 0.15) is 25.0 Å². The largest absolute Gasteiger partial charge is 0.492 e. The van der Waals surface area contributed by atoms with Gasteiger partial charge in [0.2, 0.25) is 0 Å². The fourth-order valence-corrected chi connectivity index (χ4v) is 1.27. The van der Waals surface area contributed by atoms with Gasteiger partial charge in [-0.25, -0.2) is 0 Å². The lowest BCUT2D eigenvalue weighted by molar-refractivity contribution is 0.270. The lowest BCUT2D eigenvalue weighted by Gasteiger charge is -2.10. The van der Waals surface area contributed by atoms with Crippen molar-refractivity contribution in [2.45, 2.75) is 20.8 Å². The molecule has 0 heterocycles. The van der Waals surface area contributed by atoms with Crippen LogP contribution in [0.3, 0.4) is 0 Å². The molecular formula is C14H19NO. The predicted octanol–water partition coefficient (Wildman–Crippen LogP) is 2.34. The summed E-state index contributed by atoms with van der Waals surface area (Å²) in [5.74, 6) is 7.25. The van der Waals surface area contributed by atoms with Gasteiger partial charge in [-0.3, -0.25) is 0 Å². The molecule has 0 aromatic heterocycles. The minimum Gasteiger partial charge on any atom is -0.492 e. The highest BCUT2D eigenvalue weighted by Gasteiger charge is 2.02. The molecule has 1 aromatic rings. The fraction of sp³-hybridized carbons (Fsp3) is 0.429. The second-order valence-electron chi connectivity index (χ2n) is 4.21. The summed E-state index contributed by atoms with van der Waals surface area (Å²) in [5, 5.41) is 0. The quantitative estimate of drug-likeness (QED) is 0.789. The number of benzene rings is 1. The summed E-state index contributed by atoms with van der Waals surface area (Å²) in [6.07, 6.45) is 0. The van der Waals surface area contributed by atoms with E-state index < -0.39 is 0 Å². The van der Waals surface area contributed by atoms with Crippen molar-refractivity contribution in [2.75, 3.05) is 13.2 Å². The van der Waals surface area contributed by atoms with Crippen molar-refractivity contribution in [3.8, 4) is 17.6 Å². The summed E-state index contributed by atoms with van der Waals surface area (Å²) in [6.45, 7) is 7.37. The van der Waals surface area contributed by atoms with E-state index in [-0.39, 0.29) is 0 Å². The first-order chi connectivity index (χ1) is 7.63. The van der Waals surface area contributed by atoms with E-state index in [0.29, 0.717) is 19.1 Å². The van der Waals surface area contributed by atoms with E-state index in [2.05, 4.69) is 25.7 Å². The second-order valence-corrected chi connectivity index (χ2v) is 4.21. The Morgan fingerprint density at radius 1 is 1.38 bits per heavy atom. The SMILES string of the molecule is Cc1ccc(OCC(C)C)c(C#CCN)c1. The summed E-state index contributed by atoms with van der Waals surface area (Å²) in [7, 11) is 0. The highest BCUT2D eigenvalue weighted by Crippen LogP contribution is 2.19. The van der Waals surface area contributed by atoms with Crippen LogP contribution in [-0.2, 0) is 0 Å². The van der Waals surface area contributed by atoms with Gasteiger partial charge in [0.1, 0.15) is 5.75 Å². The van der Waals surface area contributed by atoms with Gasteiger partial charge in [0.25, 0.3) is 0 Å². The van der Waals surface area contributed by atoms with Gasteiger partial charge in [0.05, 0.1) is 18.7 Å². The van der Waals surface area contributed by atoms with Crippen molar-refractivity contribution in [1.82, 2.24) is 0 Å². The zero-order chi connectivity index (χ0) is 12.0. The number of nitrogens with two attached hydrogens (primary N) is 1. The molecule has 0 saturated carbocycles. The van der Waals surface area contributed by atoms with E-state index in [0.717, 1.165) is 11.3 Å². The molecule has 1 aromatic carbocycles. The van der Waals surface area contributed by atoms with Crippen molar-refractivity contribution < 1.29 is 4.74 Å². The average molecular weight is 217 g/mol. The Hall–Kier alpha value is -1.46. The topological polar surface area (TPSA) is 35.2 Å². The first-order valence-electron chi connectivity index (χ1n) is 5.56. The van der Waals surface area contributed by atoms with Gasteiger partial charge in [0, 0.05) is 0 Å². The zero-order valence-corrected chi connectivity index (χ0v) is 10.2. The molecule has 0 atom stereocenters. The molecule has 0 radical (unpaired) electrons. The van der Waals surface area contributed by atoms with E-state index >= 15 is 0 Å². The molecule has 0 aliphatic heterocycles. The zero-order valence-electron chi connectivity index (χ0n) is 10.2. The van der Waals surface area contributed by atoms with E-state index in [1.54, 1.807) is 0 Å². The Morgan fingerprint density at radius 2 is 2.12 bits per heavy atom. The van der Waals surface area contributed by atoms with Crippen LogP contribution in [-0.4, -0.2) is 13.2 Å². The molecule has 0 aliphatic carbocycles. The predicted molar refractivity (Wildman–Crippen MR) is 67.4 cm³/mol. The average Bonchev–Trinajstić information content (AvgIpc) is 2.24. The molecule has 2 N–H and O–H groups in total. The third-order valence-electron chi connectivity index (χ3n) is 2.03. The minimum absolute atomic E-state index is 0.373. The Bertz CT molecular complexity index is 399. The molecule has 0 unspecified atom stereocenters. The van der Waals surface area contributed by atoms with Gasteiger partial charge in [-0.2, -0.15) is 0 Å². The first-order valence-corrected chi connectivity index (χ1v) is 5.56. The number of rotatable bonds is 3. The van der Waals surface area contributed by atoms with Crippen molar-refractivity contribution in [1.29, 1.82) is 0 Å². The van der Waals surface area contributed by atoms with Crippen molar-refractivity contribution in [3.63, 3.8) is 0 Å². The van der Waals surface area contributed by atoms with Crippen molar-refractivity contribution in [3.05, 3.63) is 29.3 Å². The van der Waals surface area contributed by atoms with Crippen LogP contribution in [0, 0.1) is 24.7 Å². The van der Waals surface area contributed by atoms with Crippen molar-refractivity contribution >= 4 is 0 Å².